The molecule has 2 aliphatic rings. The number of thiazole rings is 1. The molecule has 1 aromatic heterocycles. The minimum Gasteiger partial charge on any atom is -0.378 e. The zero-order valence-electron chi connectivity index (χ0n) is 13.0. The first-order chi connectivity index (χ1) is 10.3. The Bertz CT molecular complexity index is 477. The van der Waals surface area contributed by atoms with Crippen molar-refractivity contribution in [3.63, 3.8) is 0 Å². The van der Waals surface area contributed by atoms with Gasteiger partial charge in [-0.25, -0.2) is 4.98 Å². The molecule has 23 heavy (non-hydrogen) atoms. The average molecular weight is 383 g/mol. The number of hydrogen-bond acceptors (Lipinski definition) is 6. The maximum Gasteiger partial charge on any atom is 0.239 e. The lowest BCUT2D eigenvalue weighted by atomic mass is 10.2. The van der Waals surface area contributed by atoms with Crippen molar-refractivity contribution in [3.8, 4) is 0 Å². The maximum atomic E-state index is 11.9. The standard InChI is InChI=1S/C14H22N4O2S.2ClH/c19-13(12-9-20-8-5-15-12)16-4-3-11-10-21-14(17-11)18-6-1-2-7-18;;/h10,12,15H,1-9H2,(H,16,19);2*1H. The lowest BCUT2D eigenvalue weighted by molar-refractivity contribution is -0.125. The second kappa shape index (κ2) is 10.3. The van der Waals surface area contributed by atoms with Crippen LogP contribution in [0, 0.1) is 0 Å². The number of carbonyl (C=O) groups excluding carboxylic acids is 1. The highest BCUT2D eigenvalue weighted by molar-refractivity contribution is 7.13. The van der Waals surface area contributed by atoms with Crippen LogP contribution in [0.5, 0.6) is 0 Å². The first kappa shape index (κ1) is 20.4. The molecule has 0 spiro atoms. The van der Waals surface area contributed by atoms with E-state index in [0.717, 1.165) is 36.9 Å². The number of amides is 1. The number of morpholine rings is 1. The van der Waals surface area contributed by atoms with E-state index in [4.69, 9.17) is 4.74 Å². The summed E-state index contributed by atoms with van der Waals surface area (Å²) in [5.74, 6) is 0.0182. The highest BCUT2D eigenvalue weighted by Gasteiger charge is 2.20. The molecule has 0 saturated carbocycles. The Labute approximate surface area is 153 Å². The largest absolute Gasteiger partial charge is 0.378 e. The molecule has 1 unspecified atom stereocenters. The number of aromatic nitrogens is 1. The first-order valence-electron chi connectivity index (χ1n) is 7.61. The Morgan fingerprint density at radius 1 is 1.43 bits per heavy atom. The molecule has 132 valence electrons. The van der Waals surface area contributed by atoms with Crippen LogP contribution in [-0.4, -0.2) is 56.3 Å². The Balaban J connectivity index is 0.00000132. The molecule has 1 amide bonds. The van der Waals surface area contributed by atoms with Crippen molar-refractivity contribution in [1.29, 1.82) is 0 Å². The van der Waals surface area contributed by atoms with Crippen LogP contribution in [-0.2, 0) is 16.0 Å². The van der Waals surface area contributed by atoms with Crippen molar-refractivity contribution < 1.29 is 9.53 Å². The van der Waals surface area contributed by atoms with Gasteiger partial charge in [0.15, 0.2) is 5.13 Å². The molecule has 9 heteroatoms. The van der Waals surface area contributed by atoms with Crippen LogP contribution in [0.1, 0.15) is 18.5 Å². The van der Waals surface area contributed by atoms with Gasteiger partial charge >= 0.3 is 0 Å². The smallest absolute Gasteiger partial charge is 0.239 e. The molecule has 6 nitrogen and oxygen atoms in total. The van der Waals surface area contributed by atoms with Gasteiger partial charge in [0.1, 0.15) is 6.04 Å². The maximum absolute atomic E-state index is 11.9. The third-order valence-electron chi connectivity index (χ3n) is 3.83. The summed E-state index contributed by atoms with van der Waals surface area (Å²) in [6, 6.07) is -0.214. The molecule has 3 rings (SSSR count). The van der Waals surface area contributed by atoms with Crippen molar-refractivity contribution in [2.75, 3.05) is 44.3 Å². The minimum atomic E-state index is -0.214. The van der Waals surface area contributed by atoms with Gasteiger partial charge in [-0.15, -0.1) is 36.2 Å². The summed E-state index contributed by atoms with van der Waals surface area (Å²) in [6.07, 6.45) is 3.31. The van der Waals surface area contributed by atoms with E-state index in [1.807, 2.05) is 0 Å². The lowest BCUT2D eigenvalue weighted by Gasteiger charge is -2.22. The molecule has 2 saturated heterocycles. The molecular formula is C14H24Cl2N4O2S. The van der Waals surface area contributed by atoms with Crippen molar-refractivity contribution in [2.45, 2.75) is 25.3 Å². The molecular weight excluding hydrogens is 359 g/mol. The average Bonchev–Trinajstić information content (AvgIpc) is 3.19. The lowest BCUT2D eigenvalue weighted by Crippen LogP contribution is -2.51. The summed E-state index contributed by atoms with van der Waals surface area (Å²) >= 11 is 1.70. The molecule has 2 aliphatic heterocycles. The SMILES string of the molecule is Cl.Cl.O=C(NCCc1csc(N2CCCC2)n1)C1COCCN1. The van der Waals surface area contributed by atoms with Crippen molar-refractivity contribution in [3.05, 3.63) is 11.1 Å². The minimum absolute atomic E-state index is 0. The molecule has 0 aliphatic carbocycles. The number of halogens is 2. The van der Waals surface area contributed by atoms with Crippen LogP contribution in [0.25, 0.3) is 0 Å². The molecule has 3 heterocycles. The van der Waals surface area contributed by atoms with Gasteiger partial charge < -0.3 is 20.3 Å². The van der Waals surface area contributed by atoms with E-state index in [2.05, 4.69) is 25.9 Å². The Kier molecular flexibility index (Phi) is 9.16. The highest BCUT2D eigenvalue weighted by Crippen LogP contribution is 2.24. The van der Waals surface area contributed by atoms with Crippen LogP contribution in [0.15, 0.2) is 5.38 Å². The third kappa shape index (κ3) is 5.76. The summed E-state index contributed by atoms with van der Waals surface area (Å²) < 4.78 is 5.29. The van der Waals surface area contributed by atoms with Gasteiger partial charge in [0.25, 0.3) is 0 Å². The predicted octanol–water partition coefficient (Wildman–Crippen LogP) is 1.23. The molecule has 1 atom stereocenters. The van der Waals surface area contributed by atoms with Crippen molar-refractivity contribution in [2.24, 2.45) is 0 Å². The van der Waals surface area contributed by atoms with Gasteiger partial charge in [-0.2, -0.15) is 0 Å². The van der Waals surface area contributed by atoms with E-state index in [-0.39, 0.29) is 36.8 Å². The van der Waals surface area contributed by atoms with E-state index in [1.54, 1.807) is 11.3 Å². The zero-order valence-corrected chi connectivity index (χ0v) is 15.4. The molecule has 1 aromatic rings. The summed E-state index contributed by atoms with van der Waals surface area (Å²) in [6.45, 7) is 4.75. The number of hydrogen-bond donors (Lipinski definition) is 2. The van der Waals surface area contributed by atoms with Gasteiger partial charge in [0.05, 0.1) is 18.9 Å². The Morgan fingerprint density at radius 2 is 2.22 bits per heavy atom. The van der Waals surface area contributed by atoms with Crippen LogP contribution in [0.4, 0.5) is 5.13 Å². The molecule has 2 fully saturated rings. The van der Waals surface area contributed by atoms with E-state index in [0.29, 0.717) is 19.8 Å². The van der Waals surface area contributed by atoms with Crippen LogP contribution < -0.4 is 15.5 Å². The number of anilines is 1. The van der Waals surface area contributed by atoms with E-state index < -0.39 is 0 Å². The zero-order chi connectivity index (χ0) is 14.5. The van der Waals surface area contributed by atoms with E-state index >= 15 is 0 Å². The van der Waals surface area contributed by atoms with Crippen molar-refractivity contribution in [1.82, 2.24) is 15.6 Å². The summed E-state index contributed by atoms with van der Waals surface area (Å²) in [4.78, 5) is 18.9. The highest BCUT2D eigenvalue weighted by atomic mass is 35.5. The first-order valence-corrected chi connectivity index (χ1v) is 8.49. The topological polar surface area (TPSA) is 66.5 Å². The normalized spacial score (nSPS) is 20.5. The van der Waals surface area contributed by atoms with Gasteiger partial charge in [0.2, 0.25) is 5.91 Å². The van der Waals surface area contributed by atoms with E-state index in [9.17, 15) is 4.79 Å². The van der Waals surface area contributed by atoms with Crippen LogP contribution in [0.2, 0.25) is 0 Å². The molecule has 0 aromatic carbocycles. The fourth-order valence-corrected chi connectivity index (χ4v) is 3.55. The second-order valence-corrected chi connectivity index (χ2v) is 6.27. The fraction of sp³-hybridized carbons (Fsp3) is 0.714. The number of ether oxygens (including phenoxy) is 1. The van der Waals surface area contributed by atoms with Gasteiger partial charge in [-0.3, -0.25) is 4.79 Å². The number of nitrogens with zero attached hydrogens (tertiary/aromatic N) is 2. The van der Waals surface area contributed by atoms with Gasteiger partial charge in [-0.1, -0.05) is 0 Å². The van der Waals surface area contributed by atoms with E-state index in [1.165, 1.54) is 12.8 Å². The number of nitrogens with one attached hydrogen (secondary N) is 2. The van der Waals surface area contributed by atoms with Gasteiger partial charge in [-0.05, 0) is 12.8 Å². The Morgan fingerprint density at radius 3 is 2.91 bits per heavy atom. The van der Waals surface area contributed by atoms with Crippen LogP contribution in [0.3, 0.4) is 0 Å². The predicted molar refractivity (Wildman–Crippen MR) is 97.4 cm³/mol. The van der Waals surface area contributed by atoms with Gasteiger partial charge in [0, 0.05) is 38.0 Å². The van der Waals surface area contributed by atoms with Crippen molar-refractivity contribution >= 4 is 47.2 Å². The number of rotatable bonds is 5. The fourth-order valence-electron chi connectivity index (χ4n) is 2.64. The third-order valence-corrected chi connectivity index (χ3v) is 4.78. The number of carbonyl (C=O) groups is 1. The summed E-state index contributed by atoms with van der Waals surface area (Å²) in [7, 11) is 0. The quantitative estimate of drug-likeness (QED) is 0.801. The molecule has 0 radical (unpaired) electrons. The molecule has 2 N–H and O–H groups in total. The molecule has 0 bridgehead atoms. The summed E-state index contributed by atoms with van der Waals surface area (Å²) in [5, 5.41) is 9.32. The summed E-state index contributed by atoms with van der Waals surface area (Å²) in [5.41, 5.74) is 1.06. The monoisotopic (exact) mass is 382 g/mol. The Hall–Kier alpha value is -0.600. The van der Waals surface area contributed by atoms with Crippen LogP contribution >= 0.6 is 36.2 Å². The second-order valence-electron chi connectivity index (χ2n) is 5.44.